The zero-order chi connectivity index (χ0) is 7.90. The van der Waals surface area contributed by atoms with Crippen LogP contribution in [0.5, 0.6) is 0 Å². The molecule has 0 amide bonds. The molecular weight excluding hydrogens is 150 g/mol. The molecule has 0 unspecified atom stereocenters. The summed E-state index contributed by atoms with van der Waals surface area (Å²) >= 11 is 0. The van der Waals surface area contributed by atoms with Crippen LogP contribution in [0.1, 0.15) is 0 Å². The third-order valence-corrected chi connectivity index (χ3v) is 1.26. The van der Waals surface area contributed by atoms with Crippen molar-refractivity contribution in [2.45, 2.75) is 5.91 Å². The van der Waals surface area contributed by atoms with Crippen molar-refractivity contribution in [1.82, 2.24) is 15.2 Å². The average Bonchev–Trinajstić information content (AvgIpc) is 2.38. The van der Waals surface area contributed by atoms with Crippen LogP contribution in [0.4, 0.5) is 5.95 Å². The summed E-state index contributed by atoms with van der Waals surface area (Å²) in [7, 11) is 0. The second-order valence-corrected chi connectivity index (χ2v) is 2.05. The largest absolute Gasteiger partial charge is 0.343 e. The molecule has 0 radical (unpaired) electrons. The summed E-state index contributed by atoms with van der Waals surface area (Å²) in [4.78, 5) is 3.66. The van der Waals surface area contributed by atoms with E-state index in [4.69, 9.17) is 10.2 Å². The van der Waals surface area contributed by atoms with E-state index < -0.39 is 5.91 Å². The molecule has 0 aliphatic carbocycles. The molecule has 0 saturated heterocycles. The molecule has 7 heteroatoms. The van der Waals surface area contributed by atoms with Crippen molar-refractivity contribution in [3.63, 3.8) is 0 Å². The average molecular weight is 155 g/mol. The number of aromatic nitrogens is 3. The van der Waals surface area contributed by atoms with E-state index in [1.54, 1.807) is 0 Å². The van der Waals surface area contributed by atoms with Gasteiger partial charge in [0.05, 0.1) is 0 Å². The van der Waals surface area contributed by atoms with Crippen molar-refractivity contribution in [1.29, 1.82) is 0 Å². The summed E-state index contributed by atoms with van der Waals surface area (Å²) in [6.45, 7) is 0. The van der Waals surface area contributed by atoms with Crippen LogP contribution in [0.15, 0.2) is 11.4 Å². The van der Waals surface area contributed by atoms with Crippen molar-refractivity contribution in [2.24, 2.45) is 5.10 Å². The summed E-state index contributed by atoms with van der Waals surface area (Å²) in [5, 5.41) is 28.4. The van der Waals surface area contributed by atoms with Crippen LogP contribution in [-0.2, 0) is 0 Å². The predicted molar refractivity (Wildman–Crippen MR) is 34.5 cm³/mol. The molecule has 0 atom stereocenters. The Balaban J connectivity index is 2.28. The van der Waals surface area contributed by atoms with Crippen molar-refractivity contribution in [3.05, 3.63) is 6.33 Å². The molecule has 0 saturated carbocycles. The van der Waals surface area contributed by atoms with Crippen LogP contribution in [0.2, 0.25) is 0 Å². The molecule has 1 aromatic heterocycles. The Morgan fingerprint density at radius 2 is 2.36 bits per heavy atom. The highest BCUT2D eigenvalue weighted by Crippen LogP contribution is 2.20. The molecule has 3 N–H and O–H groups in total. The van der Waals surface area contributed by atoms with Crippen LogP contribution in [0.3, 0.4) is 0 Å². The molecule has 2 rings (SSSR count). The molecule has 1 aliphatic heterocycles. The Labute approximate surface area is 61.0 Å². The van der Waals surface area contributed by atoms with E-state index in [9.17, 15) is 0 Å². The van der Waals surface area contributed by atoms with Crippen LogP contribution in [0, 0.1) is 0 Å². The molecule has 11 heavy (non-hydrogen) atoms. The molecule has 0 spiro atoms. The number of nitrogens with zero attached hydrogens (tertiary/aromatic N) is 4. The monoisotopic (exact) mass is 155 g/mol. The first-order valence-electron chi connectivity index (χ1n) is 2.85. The Bertz CT molecular complexity index is 279. The molecule has 1 aliphatic rings. The minimum atomic E-state index is -2.03. The molecular formula is C4H5N5O2. The highest BCUT2D eigenvalue weighted by Gasteiger charge is 2.39. The van der Waals surface area contributed by atoms with Gasteiger partial charge in [-0.25, -0.2) is 5.10 Å². The van der Waals surface area contributed by atoms with E-state index in [-0.39, 0.29) is 5.95 Å². The molecule has 58 valence electrons. The minimum Gasteiger partial charge on any atom is -0.343 e. The quantitative estimate of drug-likeness (QED) is 0.418. The van der Waals surface area contributed by atoms with Gasteiger partial charge in [-0.3, -0.25) is 0 Å². The number of nitrogens with one attached hydrogen (secondary N) is 1. The van der Waals surface area contributed by atoms with Crippen molar-refractivity contribution in [2.75, 3.05) is 5.01 Å². The standard InChI is InChI=1S/C4H5N5O2/c10-4(11)1-7-9(4)3-5-2-6-8-3/h1-2,10-11H,(H,5,6,8). The Morgan fingerprint density at radius 3 is 2.73 bits per heavy atom. The fourth-order valence-electron chi connectivity index (χ4n) is 0.730. The third kappa shape index (κ3) is 0.785. The first kappa shape index (κ1) is 6.25. The molecule has 2 heterocycles. The summed E-state index contributed by atoms with van der Waals surface area (Å²) in [5.41, 5.74) is 0. The Kier molecular flexibility index (Phi) is 1.01. The van der Waals surface area contributed by atoms with E-state index in [1.807, 2.05) is 0 Å². The molecule has 0 fully saturated rings. The number of aliphatic hydroxyl groups is 2. The number of hydrogen-bond donors (Lipinski definition) is 3. The van der Waals surface area contributed by atoms with Crippen molar-refractivity contribution in [3.8, 4) is 0 Å². The molecule has 1 aromatic rings. The maximum atomic E-state index is 8.99. The summed E-state index contributed by atoms with van der Waals surface area (Å²) in [5.74, 6) is -1.84. The lowest BCUT2D eigenvalue weighted by Gasteiger charge is -2.33. The number of aromatic amines is 1. The fraction of sp³-hybridized carbons (Fsp3) is 0.250. The molecule has 7 nitrogen and oxygen atoms in total. The lowest BCUT2D eigenvalue weighted by atomic mass is 10.4. The van der Waals surface area contributed by atoms with E-state index in [1.165, 1.54) is 6.33 Å². The van der Waals surface area contributed by atoms with E-state index in [2.05, 4.69) is 20.3 Å². The number of hydrazone groups is 1. The van der Waals surface area contributed by atoms with Gasteiger partial charge in [-0.15, -0.1) is 0 Å². The van der Waals surface area contributed by atoms with Gasteiger partial charge in [0, 0.05) is 0 Å². The highest BCUT2D eigenvalue weighted by molar-refractivity contribution is 5.77. The fourth-order valence-corrected chi connectivity index (χ4v) is 0.730. The first-order chi connectivity index (χ1) is 5.20. The van der Waals surface area contributed by atoms with Gasteiger partial charge in [0.2, 0.25) is 5.95 Å². The van der Waals surface area contributed by atoms with Gasteiger partial charge in [-0.1, -0.05) is 0 Å². The van der Waals surface area contributed by atoms with Gasteiger partial charge in [-0.2, -0.15) is 20.2 Å². The van der Waals surface area contributed by atoms with E-state index in [0.717, 1.165) is 11.2 Å². The Hall–Kier alpha value is -1.47. The summed E-state index contributed by atoms with van der Waals surface area (Å²) in [6, 6.07) is 0. The van der Waals surface area contributed by atoms with Crippen LogP contribution in [0.25, 0.3) is 0 Å². The van der Waals surface area contributed by atoms with Gasteiger partial charge >= 0.3 is 5.91 Å². The topological polar surface area (TPSA) is 97.6 Å². The maximum Gasteiger partial charge on any atom is 0.309 e. The lowest BCUT2D eigenvalue weighted by molar-refractivity contribution is -0.109. The van der Waals surface area contributed by atoms with Crippen molar-refractivity contribution >= 4 is 12.2 Å². The lowest BCUT2D eigenvalue weighted by Crippen LogP contribution is -2.55. The second-order valence-electron chi connectivity index (χ2n) is 2.05. The summed E-state index contributed by atoms with van der Waals surface area (Å²) in [6.07, 6.45) is 2.23. The number of rotatable bonds is 1. The second kappa shape index (κ2) is 1.77. The molecule has 0 aromatic carbocycles. The van der Waals surface area contributed by atoms with Gasteiger partial charge < -0.3 is 10.2 Å². The number of H-pyrrole nitrogens is 1. The third-order valence-electron chi connectivity index (χ3n) is 1.26. The predicted octanol–water partition coefficient (Wildman–Crippen LogP) is -1.75. The normalized spacial score (nSPS) is 20.0. The first-order valence-corrected chi connectivity index (χ1v) is 2.85. The molecule has 0 bridgehead atoms. The van der Waals surface area contributed by atoms with Gasteiger partial charge in [-0.05, 0) is 0 Å². The number of anilines is 1. The summed E-state index contributed by atoms with van der Waals surface area (Å²) < 4.78 is 0. The van der Waals surface area contributed by atoms with E-state index in [0.29, 0.717) is 0 Å². The highest BCUT2D eigenvalue weighted by atomic mass is 16.5. The smallest absolute Gasteiger partial charge is 0.309 e. The van der Waals surface area contributed by atoms with Gasteiger partial charge in [0.25, 0.3) is 0 Å². The zero-order valence-electron chi connectivity index (χ0n) is 5.34. The van der Waals surface area contributed by atoms with E-state index >= 15 is 0 Å². The van der Waals surface area contributed by atoms with Crippen LogP contribution < -0.4 is 5.01 Å². The van der Waals surface area contributed by atoms with Crippen LogP contribution in [-0.4, -0.2) is 37.5 Å². The minimum absolute atomic E-state index is 0.192. The van der Waals surface area contributed by atoms with Gasteiger partial charge in [0.1, 0.15) is 12.5 Å². The maximum absolute atomic E-state index is 8.99. The SMILES string of the molecule is OC1(O)C=NN1c1ncn[nH]1. The Morgan fingerprint density at radius 1 is 1.55 bits per heavy atom. The van der Waals surface area contributed by atoms with Crippen LogP contribution >= 0.6 is 0 Å². The van der Waals surface area contributed by atoms with Crippen molar-refractivity contribution < 1.29 is 10.2 Å². The number of hydrogen-bond acceptors (Lipinski definition) is 6. The van der Waals surface area contributed by atoms with Gasteiger partial charge in [0.15, 0.2) is 0 Å². The zero-order valence-corrected chi connectivity index (χ0v) is 5.34.